The standard InChI is InChI=1S/C11H22N2O/c1-5-11(6-2,8-12)10(14)13-7-9(3)4/h3,5-8,12H2,1-2,4H3,(H,13,14). The zero-order chi connectivity index (χ0) is 11.2. The molecule has 14 heavy (non-hydrogen) atoms. The lowest BCUT2D eigenvalue weighted by atomic mass is 9.81. The van der Waals surface area contributed by atoms with Gasteiger partial charge in [0.05, 0.1) is 5.41 Å². The van der Waals surface area contributed by atoms with E-state index in [1.807, 2.05) is 20.8 Å². The van der Waals surface area contributed by atoms with Gasteiger partial charge in [-0.3, -0.25) is 4.79 Å². The van der Waals surface area contributed by atoms with Crippen LogP contribution >= 0.6 is 0 Å². The molecule has 0 radical (unpaired) electrons. The third kappa shape index (κ3) is 3.14. The molecule has 0 saturated carbocycles. The number of hydrogen-bond acceptors (Lipinski definition) is 2. The van der Waals surface area contributed by atoms with Gasteiger partial charge in [-0.05, 0) is 19.8 Å². The Bertz CT molecular complexity index is 199. The zero-order valence-electron chi connectivity index (χ0n) is 9.52. The van der Waals surface area contributed by atoms with Gasteiger partial charge < -0.3 is 11.1 Å². The van der Waals surface area contributed by atoms with Crippen molar-refractivity contribution in [1.82, 2.24) is 5.32 Å². The van der Waals surface area contributed by atoms with Crippen LogP contribution in [-0.4, -0.2) is 19.0 Å². The molecule has 0 aromatic heterocycles. The molecule has 1 amide bonds. The molecule has 0 heterocycles. The van der Waals surface area contributed by atoms with Crippen LogP contribution in [0.2, 0.25) is 0 Å². The zero-order valence-corrected chi connectivity index (χ0v) is 9.52. The second-order valence-electron chi connectivity index (χ2n) is 3.83. The first-order valence-corrected chi connectivity index (χ1v) is 5.15. The maximum absolute atomic E-state index is 11.8. The summed E-state index contributed by atoms with van der Waals surface area (Å²) in [7, 11) is 0. The van der Waals surface area contributed by atoms with Gasteiger partial charge in [0.15, 0.2) is 0 Å². The number of rotatable bonds is 6. The number of amides is 1. The van der Waals surface area contributed by atoms with Gasteiger partial charge >= 0.3 is 0 Å². The van der Waals surface area contributed by atoms with E-state index in [1.54, 1.807) is 0 Å². The fourth-order valence-electron chi connectivity index (χ4n) is 1.37. The van der Waals surface area contributed by atoms with E-state index in [-0.39, 0.29) is 5.91 Å². The van der Waals surface area contributed by atoms with Crippen molar-refractivity contribution in [2.24, 2.45) is 11.1 Å². The van der Waals surface area contributed by atoms with Gasteiger partial charge in [-0.2, -0.15) is 0 Å². The maximum atomic E-state index is 11.8. The molecule has 0 aliphatic rings. The van der Waals surface area contributed by atoms with Crippen molar-refractivity contribution in [2.75, 3.05) is 13.1 Å². The highest BCUT2D eigenvalue weighted by atomic mass is 16.2. The van der Waals surface area contributed by atoms with E-state index in [0.29, 0.717) is 13.1 Å². The predicted molar refractivity (Wildman–Crippen MR) is 59.9 cm³/mol. The summed E-state index contributed by atoms with van der Waals surface area (Å²) >= 11 is 0. The first kappa shape index (κ1) is 13.2. The molecular formula is C11H22N2O. The van der Waals surface area contributed by atoms with Gasteiger partial charge in [0.2, 0.25) is 5.91 Å². The van der Waals surface area contributed by atoms with Crippen molar-refractivity contribution >= 4 is 5.91 Å². The van der Waals surface area contributed by atoms with Crippen LogP contribution in [0.4, 0.5) is 0 Å². The highest BCUT2D eigenvalue weighted by Crippen LogP contribution is 2.24. The molecule has 0 aliphatic heterocycles. The number of carbonyl (C=O) groups excluding carboxylic acids is 1. The topological polar surface area (TPSA) is 55.1 Å². The minimum Gasteiger partial charge on any atom is -0.352 e. The van der Waals surface area contributed by atoms with E-state index in [4.69, 9.17) is 5.73 Å². The number of hydrogen-bond donors (Lipinski definition) is 2. The molecule has 0 aromatic rings. The first-order chi connectivity index (χ1) is 6.52. The Labute approximate surface area is 86.8 Å². The molecule has 3 N–H and O–H groups in total. The van der Waals surface area contributed by atoms with Crippen LogP contribution in [0.15, 0.2) is 12.2 Å². The molecule has 0 rings (SSSR count). The van der Waals surface area contributed by atoms with E-state index in [1.165, 1.54) is 0 Å². The van der Waals surface area contributed by atoms with Gasteiger partial charge in [0.25, 0.3) is 0 Å². The summed E-state index contributed by atoms with van der Waals surface area (Å²) in [6, 6.07) is 0. The molecule has 3 nitrogen and oxygen atoms in total. The molecule has 0 fully saturated rings. The average molecular weight is 198 g/mol. The summed E-state index contributed by atoms with van der Waals surface area (Å²) < 4.78 is 0. The second-order valence-corrected chi connectivity index (χ2v) is 3.83. The van der Waals surface area contributed by atoms with Crippen LogP contribution in [0.5, 0.6) is 0 Å². The molecular weight excluding hydrogens is 176 g/mol. The van der Waals surface area contributed by atoms with E-state index in [9.17, 15) is 4.79 Å². The van der Waals surface area contributed by atoms with Gasteiger partial charge in [0, 0.05) is 13.1 Å². The van der Waals surface area contributed by atoms with Crippen LogP contribution in [-0.2, 0) is 4.79 Å². The lowest BCUT2D eigenvalue weighted by Crippen LogP contribution is -2.45. The third-order valence-electron chi connectivity index (χ3n) is 2.78. The summed E-state index contributed by atoms with van der Waals surface area (Å²) in [5.74, 6) is 0.0491. The molecule has 0 spiro atoms. The Morgan fingerprint density at radius 2 is 1.93 bits per heavy atom. The third-order valence-corrected chi connectivity index (χ3v) is 2.78. The largest absolute Gasteiger partial charge is 0.352 e. The van der Waals surface area contributed by atoms with Gasteiger partial charge in [-0.1, -0.05) is 26.0 Å². The van der Waals surface area contributed by atoms with E-state index < -0.39 is 5.41 Å². The SMILES string of the molecule is C=C(C)CNC(=O)C(CC)(CC)CN. The molecule has 0 bridgehead atoms. The minimum absolute atomic E-state index is 0.0491. The Morgan fingerprint density at radius 3 is 2.21 bits per heavy atom. The molecule has 0 unspecified atom stereocenters. The predicted octanol–water partition coefficient (Wildman–Crippen LogP) is 1.44. The Balaban J connectivity index is 4.36. The normalized spacial score (nSPS) is 11.1. The van der Waals surface area contributed by atoms with E-state index in [2.05, 4.69) is 11.9 Å². The van der Waals surface area contributed by atoms with Crippen molar-refractivity contribution in [3.63, 3.8) is 0 Å². The molecule has 0 aromatic carbocycles. The average Bonchev–Trinajstić information content (AvgIpc) is 2.18. The minimum atomic E-state index is -0.393. The molecule has 0 atom stereocenters. The van der Waals surface area contributed by atoms with Crippen molar-refractivity contribution in [2.45, 2.75) is 33.6 Å². The second kappa shape index (κ2) is 5.81. The van der Waals surface area contributed by atoms with Crippen LogP contribution in [0.3, 0.4) is 0 Å². The Hall–Kier alpha value is -0.830. The van der Waals surface area contributed by atoms with Crippen molar-refractivity contribution in [1.29, 1.82) is 0 Å². The number of carbonyl (C=O) groups is 1. The maximum Gasteiger partial charge on any atom is 0.227 e. The van der Waals surface area contributed by atoms with Gasteiger partial charge in [-0.15, -0.1) is 0 Å². The lowest BCUT2D eigenvalue weighted by Gasteiger charge is -2.28. The highest BCUT2D eigenvalue weighted by Gasteiger charge is 2.32. The quantitative estimate of drug-likeness (QED) is 0.635. The summed E-state index contributed by atoms with van der Waals surface area (Å²) in [4.78, 5) is 11.8. The van der Waals surface area contributed by atoms with Crippen LogP contribution in [0, 0.1) is 5.41 Å². The van der Waals surface area contributed by atoms with Gasteiger partial charge in [-0.25, -0.2) is 0 Å². The number of nitrogens with two attached hydrogens (primary N) is 1. The van der Waals surface area contributed by atoms with Gasteiger partial charge in [0.1, 0.15) is 0 Å². The number of nitrogens with one attached hydrogen (secondary N) is 1. The highest BCUT2D eigenvalue weighted by molar-refractivity contribution is 5.83. The fourth-order valence-corrected chi connectivity index (χ4v) is 1.37. The fraction of sp³-hybridized carbons (Fsp3) is 0.727. The molecule has 3 heteroatoms. The van der Waals surface area contributed by atoms with Crippen LogP contribution < -0.4 is 11.1 Å². The molecule has 0 saturated heterocycles. The molecule has 82 valence electrons. The summed E-state index contributed by atoms with van der Waals surface area (Å²) in [5, 5.41) is 2.86. The van der Waals surface area contributed by atoms with Crippen LogP contribution in [0.25, 0.3) is 0 Å². The van der Waals surface area contributed by atoms with Crippen molar-refractivity contribution in [3.05, 3.63) is 12.2 Å². The van der Waals surface area contributed by atoms with E-state index >= 15 is 0 Å². The van der Waals surface area contributed by atoms with Crippen molar-refractivity contribution < 1.29 is 4.79 Å². The van der Waals surface area contributed by atoms with Crippen molar-refractivity contribution in [3.8, 4) is 0 Å². The first-order valence-electron chi connectivity index (χ1n) is 5.15. The summed E-state index contributed by atoms with van der Waals surface area (Å²) in [5.41, 5.74) is 6.21. The Morgan fingerprint density at radius 1 is 1.43 bits per heavy atom. The van der Waals surface area contributed by atoms with E-state index in [0.717, 1.165) is 18.4 Å². The summed E-state index contributed by atoms with van der Waals surface area (Å²) in [6.07, 6.45) is 1.56. The monoisotopic (exact) mass is 198 g/mol. The molecule has 0 aliphatic carbocycles. The van der Waals surface area contributed by atoms with Crippen LogP contribution in [0.1, 0.15) is 33.6 Å². The smallest absolute Gasteiger partial charge is 0.227 e. The Kier molecular flexibility index (Phi) is 5.46. The summed E-state index contributed by atoms with van der Waals surface area (Å²) in [6.45, 7) is 10.6. The lowest BCUT2D eigenvalue weighted by molar-refractivity contribution is -0.130.